The molecule has 2 aliphatic heterocycles. The molecule has 0 aromatic carbocycles. The first kappa shape index (κ1) is 10.9. The molecule has 2 N–H and O–H groups in total. The Balaban J connectivity index is 1.73. The molecule has 2 fully saturated rings. The predicted molar refractivity (Wildman–Crippen MR) is 57.4 cm³/mol. The van der Waals surface area contributed by atoms with Crippen LogP contribution in [0.1, 0.15) is 32.6 Å². The second-order valence-electron chi connectivity index (χ2n) is 5.10. The van der Waals surface area contributed by atoms with Crippen molar-refractivity contribution in [2.45, 2.75) is 44.2 Å². The lowest BCUT2D eigenvalue weighted by Crippen LogP contribution is -2.67. The highest BCUT2D eigenvalue weighted by Crippen LogP contribution is 2.21. The summed E-state index contributed by atoms with van der Waals surface area (Å²) in [5.74, 6) is 0.199. The number of nitrogens with two attached hydrogens (primary N) is 1. The molecule has 2 aliphatic rings. The van der Waals surface area contributed by atoms with Crippen molar-refractivity contribution in [2.24, 2.45) is 5.73 Å². The number of amides is 1. The molecule has 1 unspecified atom stereocenters. The molecule has 0 spiro atoms. The molecule has 86 valence electrons. The molecule has 4 heteroatoms. The Bertz CT molecular complexity index is 239. The summed E-state index contributed by atoms with van der Waals surface area (Å²) in [6.07, 6.45) is 4.04. The third kappa shape index (κ3) is 2.69. The van der Waals surface area contributed by atoms with E-state index in [1.54, 1.807) is 0 Å². The molecule has 2 saturated heterocycles. The van der Waals surface area contributed by atoms with Crippen LogP contribution in [0.5, 0.6) is 0 Å². The number of carbonyl (C=O) groups is 1. The van der Waals surface area contributed by atoms with Crippen LogP contribution in [-0.2, 0) is 9.53 Å². The summed E-state index contributed by atoms with van der Waals surface area (Å²) in [5.41, 5.74) is 5.69. The molecule has 15 heavy (non-hydrogen) atoms. The van der Waals surface area contributed by atoms with Crippen LogP contribution in [0.2, 0.25) is 0 Å². The van der Waals surface area contributed by atoms with Crippen LogP contribution in [0, 0.1) is 0 Å². The van der Waals surface area contributed by atoms with Crippen LogP contribution in [0.4, 0.5) is 0 Å². The maximum Gasteiger partial charge on any atom is 0.225 e. The molecular weight excluding hydrogens is 192 g/mol. The topological polar surface area (TPSA) is 55.6 Å². The van der Waals surface area contributed by atoms with Gasteiger partial charge in [0, 0.05) is 25.2 Å². The van der Waals surface area contributed by atoms with Crippen LogP contribution in [-0.4, -0.2) is 42.1 Å². The second-order valence-corrected chi connectivity index (χ2v) is 5.10. The van der Waals surface area contributed by atoms with Gasteiger partial charge in [0.05, 0.1) is 12.5 Å². The lowest BCUT2D eigenvalue weighted by molar-refractivity contribution is -0.142. The monoisotopic (exact) mass is 212 g/mol. The number of likely N-dealkylation sites (tertiary alicyclic amines) is 1. The first-order chi connectivity index (χ1) is 7.07. The summed E-state index contributed by atoms with van der Waals surface area (Å²) in [4.78, 5) is 13.6. The Morgan fingerprint density at radius 1 is 1.53 bits per heavy atom. The Morgan fingerprint density at radius 3 is 2.80 bits per heavy atom. The lowest BCUT2D eigenvalue weighted by Gasteiger charge is -2.45. The number of hydrogen-bond acceptors (Lipinski definition) is 3. The third-order valence-electron chi connectivity index (χ3n) is 3.13. The Hall–Kier alpha value is -0.610. The van der Waals surface area contributed by atoms with Crippen LogP contribution >= 0.6 is 0 Å². The summed E-state index contributed by atoms with van der Waals surface area (Å²) in [5, 5.41) is 0. The normalized spacial score (nSPS) is 29.7. The maximum atomic E-state index is 11.8. The van der Waals surface area contributed by atoms with Crippen molar-refractivity contribution in [1.82, 2.24) is 4.90 Å². The van der Waals surface area contributed by atoms with Crippen LogP contribution < -0.4 is 5.73 Å². The van der Waals surface area contributed by atoms with E-state index in [4.69, 9.17) is 10.5 Å². The average Bonchev–Trinajstić information content (AvgIpc) is 2.15. The molecule has 4 nitrogen and oxygen atoms in total. The smallest absolute Gasteiger partial charge is 0.225 e. The van der Waals surface area contributed by atoms with E-state index < -0.39 is 0 Å². The van der Waals surface area contributed by atoms with Gasteiger partial charge >= 0.3 is 0 Å². The Morgan fingerprint density at radius 2 is 2.27 bits per heavy atom. The highest BCUT2D eigenvalue weighted by Gasteiger charge is 2.38. The van der Waals surface area contributed by atoms with Gasteiger partial charge in [-0.2, -0.15) is 0 Å². The fourth-order valence-corrected chi connectivity index (χ4v) is 2.29. The molecule has 0 aromatic rings. The molecule has 2 heterocycles. The van der Waals surface area contributed by atoms with E-state index in [2.05, 4.69) is 0 Å². The van der Waals surface area contributed by atoms with E-state index in [1.807, 2.05) is 11.8 Å². The fraction of sp³-hybridized carbons (Fsp3) is 0.909. The first-order valence-corrected chi connectivity index (χ1v) is 5.75. The summed E-state index contributed by atoms with van der Waals surface area (Å²) in [7, 11) is 0. The second kappa shape index (κ2) is 4.10. The first-order valence-electron chi connectivity index (χ1n) is 5.75. The number of carbonyl (C=O) groups excluding carboxylic acids is 1. The van der Waals surface area contributed by atoms with Gasteiger partial charge in [0.2, 0.25) is 5.91 Å². The van der Waals surface area contributed by atoms with Gasteiger partial charge in [0.15, 0.2) is 0 Å². The van der Waals surface area contributed by atoms with E-state index >= 15 is 0 Å². The van der Waals surface area contributed by atoms with Gasteiger partial charge in [-0.3, -0.25) is 4.79 Å². The van der Waals surface area contributed by atoms with Gasteiger partial charge in [-0.1, -0.05) is 0 Å². The molecule has 1 atom stereocenters. The van der Waals surface area contributed by atoms with Gasteiger partial charge in [0.25, 0.3) is 0 Å². The quantitative estimate of drug-likeness (QED) is 0.725. The van der Waals surface area contributed by atoms with Crippen LogP contribution in [0.25, 0.3) is 0 Å². The zero-order chi connectivity index (χ0) is 10.9. The van der Waals surface area contributed by atoms with Crippen molar-refractivity contribution < 1.29 is 9.53 Å². The van der Waals surface area contributed by atoms with Gasteiger partial charge in [0.1, 0.15) is 0 Å². The van der Waals surface area contributed by atoms with E-state index in [1.165, 1.54) is 6.42 Å². The zero-order valence-corrected chi connectivity index (χ0v) is 9.37. The molecular formula is C11H20N2O2. The lowest BCUT2D eigenvalue weighted by atomic mass is 9.93. The number of nitrogens with zero attached hydrogens (tertiary/aromatic N) is 1. The Kier molecular flexibility index (Phi) is 2.98. The molecule has 0 saturated carbocycles. The van der Waals surface area contributed by atoms with Crippen LogP contribution in [0.3, 0.4) is 0 Å². The summed E-state index contributed by atoms with van der Waals surface area (Å²) < 4.78 is 5.54. The van der Waals surface area contributed by atoms with E-state index in [0.717, 1.165) is 19.4 Å². The number of rotatable bonds is 2. The van der Waals surface area contributed by atoms with E-state index in [0.29, 0.717) is 19.5 Å². The molecule has 0 aromatic heterocycles. The van der Waals surface area contributed by atoms with Crippen molar-refractivity contribution in [2.75, 3.05) is 19.7 Å². The molecule has 0 radical (unpaired) electrons. The number of ether oxygens (including phenoxy) is 1. The summed E-state index contributed by atoms with van der Waals surface area (Å²) >= 11 is 0. The fourth-order valence-electron chi connectivity index (χ4n) is 2.29. The molecule has 2 rings (SSSR count). The highest BCUT2D eigenvalue weighted by molar-refractivity contribution is 5.78. The van der Waals surface area contributed by atoms with Crippen molar-refractivity contribution in [3.63, 3.8) is 0 Å². The highest BCUT2D eigenvalue weighted by atomic mass is 16.5. The summed E-state index contributed by atoms with van der Waals surface area (Å²) in [6, 6.07) is 0. The summed E-state index contributed by atoms with van der Waals surface area (Å²) in [6.45, 7) is 4.18. The van der Waals surface area contributed by atoms with Crippen molar-refractivity contribution >= 4 is 5.91 Å². The zero-order valence-electron chi connectivity index (χ0n) is 9.37. The molecule has 1 amide bonds. The largest absolute Gasteiger partial charge is 0.378 e. The van der Waals surface area contributed by atoms with Gasteiger partial charge in [-0.05, 0) is 26.2 Å². The minimum Gasteiger partial charge on any atom is -0.378 e. The van der Waals surface area contributed by atoms with Crippen molar-refractivity contribution in [3.8, 4) is 0 Å². The average molecular weight is 212 g/mol. The van der Waals surface area contributed by atoms with E-state index in [-0.39, 0.29) is 17.6 Å². The van der Waals surface area contributed by atoms with Gasteiger partial charge < -0.3 is 15.4 Å². The standard InChI is InChI=1S/C11H20N2O2/c1-11(12)7-13(8-11)10(14)6-9-4-2-3-5-15-9/h9H,2-8,12H2,1H3. The molecule has 0 bridgehead atoms. The van der Waals surface area contributed by atoms with Crippen LogP contribution in [0.15, 0.2) is 0 Å². The van der Waals surface area contributed by atoms with Crippen molar-refractivity contribution in [3.05, 3.63) is 0 Å². The number of hydrogen-bond donors (Lipinski definition) is 1. The third-order valence-corrected chi connectivity index (χ3v) is 3.13. The van der Waals surface area contributed by atoms with Gasteiger partial charge in [-0.25, -0.2) is 0 Å². The minimum atomic E-state index is -0.164. The van der Waals surface area contributed by atoms with E-state index in [9.17, 15) is 4.79 Å². The van der Waals surface area contributed by atoms with Gasteiger partial charge in [-0.15, -0.1) is 0 Å². The maximum absolute atomic E-state index is 11.8. The SMILES string of the molecule is CC1(N)CN(C(=O)CC2CCCCO2)C1. The molecule has 0 aliphatic carbocycles. The predicted octanol–water partition coefficient (Wildman–Crippen LogP) is 0.505. The van der Waals surface area contributed by atoms with Crippen molar-refractivity contribution in [1.29, 1.82) is 0 Å². The Labute approximate surface area is 90.8 Å². The minimum absolute atomic E-state index is 0.149.